The monoisotopic (exact) mass is 346 g/mol. The van der Waals surface area contributed by atoms with Crippen molar-refractivity contribution in [2.45, 2.75) is 26.8 Å². The summed E-state index contributed by atoms with van der Waals surface area (Å²) in [5, 5.41) is 7.62. The quantitative estimate of drug-likeness (QED) is 0.657. The third-order valence-corrected chi connectivity index (χ3v) is 4.31. The van der Waals surface area contributed by atoms with Crippen molar-refractivity contribution in [3.63, 3.8) is 0 Å². The van der Waals surface area contributed by atoms with Gasteiger partial charge >= 0.3 is 0 Å². The number of rotatable bonds is 4. The Hall–Kier alpha value is -2.28. The molecule has 0 radical (unpaired) electrons. The highest BCUT2D eigenvalue weighted by Gasteiger charge is 2.11. The Morgan fingerprint density at radius 1 is 1.29 bits per heavy atom. The number of benzene rings is 1. The molecule has 0 unspecified atom stereocenters. The third kappa shape index (κ3) is 4.38. The number of nitrogens with zero attached hydrogens (tertiary/aromatic N) is 2. The number of fused-ring (bicyclic) bond motifs is 1. The zero-order valence-corrected chi connectivity index (χ0v) is 14.8. The number of ether oxygens (including phenoxy) is 2. The van der Waals surface area contributed by atoms with Crippen LogP contribution in [0.2, 0.25) is 0 Å². The molecule has 1 aliphatic heterocycles. The van der Waals surface area contributed by atoms with E-state index >= 15 is 0 Å². The van der Waals surface area contributed by atoms with E-state index in [4.69, 9.17) is 9.47 Å². The van der Waals surface area contributed by atoms with E-state index in [-0.39, 0.29) is 0 Å². The maximum atomic E-state index is 5.73. The van der Waals surface area contributed by atoms with Crippen molar-refractivity contribution in [2.75, 3.05) is 25.1 Å². The molecule has 0 amide bonds. The van der Waals surface area contributed by atoms with Crippen LogP contribution in [0.4, 0.5) is 5.69 Å². The zero-order valence-electron chi connectivity index (χ0n) is 14.0. The van der Waals surface area contributed by atoms with Crippen LogP contribution >= 0.6 is 11.3 Å². The van der Waals surface area contributed by atoms with Gasteiger partial charge in [-0.3, -0.25) is 0 Å². The van der Waals surface area contributed by atoms with Gasteiger partial charge in [0.05, 0.1) is 24.8 Å². The lowest BCUT2D eigenvalue weighted by Gasteiger charge is -2.13. The first kappa shape index (κ1) is 16.6. The summed E-state index contributed by atoms with van der Waals surface area (Å²) in [4.78, 5) is 10.0. The second-order valence-corrected chi connectivity index (χ2v) is 6.70. The summed E-state index contributed by atoms with van der Waals surface area (Å²) in [6.07, 6.45) is 2.77. The number of aryl methyl sites for hydroxylation is 1. The van der Waals surface area contributed by atoms with Gasteiger partial charge in [0, 0.05) is 35.8 Å². The first-order valence-electron chi connectivity index (χ1n) is 8.11. The molecular weight excluding hydrogens is 324 g/mol. The maximum Gasteiger partial charge on any atom is 0.196 e. The molecule has 0 saturated carbocycles. The van der Waals surface area contributed by atoms with E-state index in [0.29, 0.717) is 19.8 Å². The van der Waals surface area contributed by atoms with Crippen LogP contribution in [-0.4, -0.2) is 30.7 Å². The number of guanidine groups is 1. The molecule has 6 nitrogen and oxygen atoms in total. The van der Waals surface area contributed by atoms with Crippen LogP contribution < -0.4 is 20.1 Å². The highest BCUT2D eigenvalue weighted by atomic mass is 32.1. The molecular formula is C17H22N4O2S. The maximum absolute atomic E-state index is 5.73. The van der Waals surface area contributed by atoms with Gasteiger partial charge in [0.15, 0.2) is 17.5 Å². The Kier molecular flexibility index (Phi) is 5.53. The Balaban J connectivity index is 1.71. The summed E-state index contributed by atoms with van der Waals surface area (Å²) in [7, 11) is 0. The molecule has 0 bridgehead atoms. The van der Waals surface area contributed by atoms with Crippen LogP contribution in [-0.2, 0) is 6.54 Å². The van der Waals surface area contributed by atoms with E-state index in [1.807, 2.05) is 38.2 Å². The third-order valence-electron chi connectivity index (χ3n) is 3.42. The first-order valence-corrected chi connectivity index (χ1v) is 8.92. The van der Waals surface area contributed by atoms with Crippen molar-refractivity contribution >= 4 is 23.0 Å². The Morgan fingerprint density at radius 2 is 2.12 bits per heavy atom. The second kappa shape index (κ2) is 8.01. The van der Waals surface area contributed by atoms with Gasteiger partial charge in [0.25, 0.3) is 0 Å². The summed E-state index contributed by atoms with van der Waals surface area (Å²) in [6, 6.07) is 5.85. The summed E-state index contributed by atoms with van der Waals surface area (Å²) in [5.74, 6) is 2.30. The van der Waals surface area contributed by atoms with E-state index in [1.54, 1.807) is 11.3 Å². The van der Waals surface area contributed by atoms with Crippen molar-refractivity contribution < 1.29 is 9.47 Å². The van der Waals surface area contributed by atoms with E-state index in [1.165, 1.54) is 0 Å². The molecule has 1 aromatic carbocycles. The molecule has 0 aliphatic carbocycles. The Morgan fingerprint density at radius 3 is 2.88 bits per heavy atom. The number of thiazole rings is 1. The summed E-state index contributed by atoms with van der Waals surface area (Å²) in [5.41, 5.74) is 0.916. The minimum atomic E-state index is 0.603. The zero-order chi connectivity index (χ0) is 16.8. The van der Waals surface area contributed by atoms with Crippen LogP contribution in [0.25, 0.3) is 0 Å². The van der Waals surface area contributed by atoms with Crippen LogP contribution in [0.5, 0.6) is 11.5 Å². The molecule has 2 heterocycles. The average molecular weight is 346 g/mol. The molecule has 1 aromatic heterocycles. The molecule has 2 N–H and O–H groups in total. The van der Waals surface area contributed by atoms with Gasteiger partial charge in [-0.2, -0.15) is 0 Å². The van der Waals surface area contributed by atoms with Crippen LogP contribution in [0.1, 0.15) is 23.2 Å². The number of aliphatic imine (C=N–C) groups is 1. The normalized spacial score (nSPS) is 14.2. The van der Waals surface area contributed by atoms with E-state index in [0.717, 1.165) is 46.0 Å². The van der Waals surface area contributed by atoms with Crippen molar-refractivity contribution in [2.24, 2.45) is 4.99 Å². The molecule has 0 fully saturated rings. The molecule has 7 heteroatoms. The molecule has 0 saturated heterocycles. The standard InChI is InChI=1S/C17H22N4O2S/c1-3-18-17(20-11-14-10-19-12(2)24-14)21-13-5-6-15-16(9-13)23-8-4-7-22-15/h5-6,9-10H,3-4,7-8,11H2,1-2H3,(H2,18,20,21). The van der Waals surface area contributed by atoms with E-state index in [2.05, 4.69) is 20.6 Å². The van der Waals surface area contributed by atoms with Gasteiger partial charge in [-0.1, -0.05) is 0 Å². The fraction of sp³-hybridized carbons (Fsp3) is 0.412. The highest BCUT2D eigenvalue weighted by molar-refractivity contribution is 7.11. The fourth-order valence-corrected chi connectivity index (χ4v) is 3.04. The average Bonchev–Trinajstić information content (AvgIpc) is 2.85. The van der Waals surface area contributed by atoms with Crippen LogP contribution in [0, 0.1) is 6.92 Å². The molecule has 24 heavy (non-hydrogen) atoms. The molecule has 3 rings (SSSR count). The van der Waals surface area contributed by atoms with Crippen molar-refractivity contribution in [3.05, 3.63) is 34.3 Å². The van der Waals surface area contributed by atoms with Gasteiger partial charge in [0.2, 0.25) is 0 Å². The lowest BCUT2D eigenvalue weighted by molar-refractivity contribution is 0.297. The Bertz CT molecular complexity index is 714. The van der Waals surface area contributed by atoms with Gasteiger partial charge in [-0.05, 0) is 26.0 Å². The summed E-state index contributed by atoms with van der Waals surface area (Å²) < 4.78 is 11.4. The minimum Gasteiger partial charge on any atom is -0.490 e. The molecule has 128 valence electrons. The van der Waals surface area contributed by atoms with Gasteiger partial charge in [-0.15, -0.1) is 11.3 Å². The molecule has 0 spiro atoms. The Labute approximate surface area is 145 Å². The second-order valence-electron chi connectivity index (χ2n) is 5.38. The number of anilines is 1. The van der Waals surface area contributed by atoms with Gasteiger partial charge in [-0.25, -0.2) is 9.98 Å². The largest absolute Gasteiger partial charge is 0.490 e. The SMILES string of the molecule is CCNC(=NCc1cnc(C)s1)Nc1ccc2c(c1)OCCCO2. The van der Waals surface area contributed by atoms with Crippen LogP contribution in [0.15, 0.2) is 29.4 Å². The predicted octanol–water partition coefficient (Wildman–Crippen LogP) is 3.19. The number of hydrogen-bond acceptors (Lipinski definition) is 5. The van der Waals surface area contributed by atoms with Crippen LogP contribution in [0.3, 0.4) is 0 Å². The fourth-order valence-electron chi connectivity index (χ4n) is 2.32. The highest BCUT2D eigenvalue weighted by Crippen LogP contribution is 2.32. The number of hydrogen-bond donors (Lipinski definition) is 2. The van der Waals surface area contributed by atoms with Gasteiger partial charge in [0.1, 0.15) is 0 Å². The topological polar surface area (TPSA) is 67.8 Å². The minimum absolute atomic E-state index is 0.603. The lowest BCUT2D eigenvalue weighted by atomic mass is 10.3. The molecule has 0 atom stereocenters. The van der Waals surface area contributed by atoms with Crippen molar-refractivity contribution in [1.29, 1.82) is 0 Å². The first-order chi connectivity index (χ1) is 11.7. The van der Waals surface area contributed by atoms with Gasteiger partial charge < -0.3 is 20.1 Å². The summed E-state index contributed by atoms with van der Waals surface area (Å²) in [6.45, 7) is 6.80. The van der Waals surface area contributed by atoms with Crippen molar-refractivity contribution in [3.8, 4) is 11.5 Å². The molecule has 2 aromatic rings. The predicted molar refractivity (Wildman–Crippen MR) is 97.3 cm³/mol. The number of nitrogens with one attached hydrogen (secondary N) is 2. The van der Waals surface area contributed by atoms with E-state index < -0.39 is 0 Å². The number of aromatic nitrogens is 1. The van der Waals surface area contributed by atoms with E-state index in [9.17, 15) is 0 Å². The lowest BCUT2D eigenvalue weighted by Crippen LogP contribution is -2.30. The summed E-state index contributed by atoms with van der Waals surface area (Å²) >= 11 is 1.66. The smallest absolute Gasteiger partial charge is 0.196 e. The van der Waals surface area contributed by atoms with Crippen molar-refractivity contribution in [1.82, 2.24) is 10.3 Å². The molecule has 1 aliphatic rings.